The Balaban J connectivity index is 2.19. The van der Waals surface area contributed by atoms with Crippen LogP contribution in [0.15, 0.2) is 46.9 Å². The van der Waals surface area contributed by atoms with E-state index in [0.717, 1.165) is 18.1 Å². The molecule has 0 aliphatic rings. The number of esters is 1. The maximum atomic E-state index is 11.8. The second-order valence-corrected chi connectivity index (χ2v) is 4.59. The van der Waals surface area contributed by atoms with Gasteiger partial charge in [-0.15, -0.1) is 0 Å². The van der Waals surface area contributed by atoms with Crippen LogP contribution >= 0.6 is 0 Å². The number of carboxylic acids is 1. The topological polar surface area (TPSA) is 76.7 Å². The van der Waals surface area contributed by atoms with Gasteiger partial charge in [0.05, 0.1) is 12.2 Å². The summed E-state index contributed by atoms with van der Waals surface area (Å²) < 4.78 is 10.6. The number of benzene rings is 1. The van der Waals surface area contributed by atoms with Gasteiger partial charge in [0.25, 0.3) is 0 Å². The molecule has 22 heavy (non-hydrogen) atoms. The van der Waals surface area contributed by atoms with Crippen molar-refractivity contribution >= 4 is 18.0 Å². The molecule has 0 aliphatic carbocycles. The number of hydrogen-bond acceptors (Lipinski definition) is 4. The molecule has 0 radical (unpaired) electrons. The van der Waals surface area contributed by atoms with Crippen molar-refractivity contribution in [3.8, 4) is 11.3 Å². The first-order chi connectivity index (χ1) is 10.6. The van der Waals surface area contributed by atoms with Gasteiger partial charge in [0, 0.05) is 11.6 Å². The van der Waals surface area contributed by atoms with Crippen molar-refractivity contribution in [3.63, 3.8) is 0 Å². The summed E-state index contributed by atoms with van der Waals surface area (Å²) in [6.45, 7) is 2.31. The van der Waals surface area contributed by atoms with Crippen molar-refractivity contribution in [3.05, 3.63) is 53.8 Å². The second kappa shape index (κ2) is 7.26. The first-order valence-electron chi connectivity index (χ1n) is 6.88. The number of carbonyl (C=O) groups excluding carboxylic acids is 1. The van der Waals surface area contributed by atoms with E-state index in [1.54, 1.807) is 36.4 Å². The van der Waals surface area contributed by atoms with Crippen LogP contribution in [0.5, 0.6) is 0 Å². The zero-order valence-corrected chi connectivity index (χ0v) is 12.1. The Morgan fingerprint density at radius 1 is 1.27 bits per heavy atom. The minimum absolute atomic E-state index is 0.374. The molecule has 0 aliphatic heterocycles. The van der Waals surface area contributed by atoms with Crippen LogP contribution in [-0.2, 0) is 9.53 Å². The Morgan fingerprint density at radius 2 is 2.09 bits per heavy atom. The third-order valence-corrected chi connectivity index (χ3v) is 2.84. The SMILES string of the molecule is CCCOC(=O)c1cccc(-c2ccc(/C=C/C(=O)O)o2)c1. The Kier molecular flexibility index (Phi) is 5.14. The Bertz CT molecular complexity index is 697. The first-order valence-corrected chi connectivity index (χ1v) is 6.88. The van der Waals surface area contributed by atoms with Gasteiger partial charge in [-0.25, -0.2) is 9.59 Å². The number of hydrogen-bond donors (Lipinski definition) is 1. The minimum Gasteiger partial charge on any atom is -0.478 e. The molecule has 0 spiro atoms. The van der Waals surface area contributed by atoms with E-state index in [-0.39, 0.29) is 5.97 Å². The maximum absolute atomic E-state index is 11.8. The lowest BCUT2D eigenvalue weighted by molar-refractivity contribution is -0.131. The summed E-state index contributed by atoms with van der Waals surface area (Å²) in [5.74, 6) is -0.439. The molecule has 1 heterocycles. The van der Waals surface area contributed by atoms with Crippen molar-refractivity contribution in [2.75, 3.05) is 6.61 Å². The molecule has 5 heteroatoms. The van der Waals surface area contributed by atoms with Crippen LogP contribution < -0.4 is 0 Å². The van der Waals surface area contributed by atoms with E-state index in [1.165, 1.54) is 6.08 Å². The van der Waals surface area contributed by atoms with Gasteiger partial charge in [0.1, 0.15) is 11.5 Å². The molecule has 0 unspecified atom stereocenters. The summed E-state index contributed by atoms with van der Waals surface area (Å²) in [7, 11) is 0. The lowest BCUT2D eigenvalue weighted by atomic mass is 10.1. The highest BCUT2D eigenvalue weighted by Gasteiger charge is 2.10. The average Bonchev–Trinajstić information content (AvgIpc) is 2.99. The molecular formula is C17H16O5. The molecule has 5 nitrogen and oxygen atoms in total. The summed E-state index contributed by atoms with van der Waals surface area (Å²) >= 11 is 0. The van der Waals surface area contributed by atoms with Crippen LogP contribution in [0.4, 0.5) is 0 Å². The maximum Gasteiger partial charge on any atom is 0.338 e. The van der Waals surface area contributed by atoms with E-state index in [2.05, 4.69) is 0 Å². The van der Waals surface area contributed by atoms with Crippen LogP contribution in [0.2, 0.25) is 0 Å². The smallest absolute Gasteiger partial charge is 0.338 e. The molecule has 0 saturated heterocycles. The average molecular weight is 300 g/mol. The minimum atomic E-state index is -1.04. The fraction of sp³-hybridized carbons (Fsp3) is 0.176. The number of rotatable bonds is 6. The van der Waals surface area contributed by atoms with Crippen LogP contribution in [0, 0.1) is 0 Å². The Morgan fingerprint density at radius 3 is 2.82 bits per heavy atom. The first kappa shape index (κ1) is 15.6. The molecule has 114 valence electrons. The van der Waals surface area contributed by atoms with E-state index in [1.807, 2.05) is 6.92 Å². The van der Waals surface area contributed by atoms with Gasteiger partial charge in [-0.05, 0) is 36.8 Å². The normalized spacial score (nSPS) is 10.8. The van der Waals surface area contributed by atoms with Gasteiger partial charge in [-0.1, -0.05) is 19.1 Å². The predicted octanol–water partition coefficient (Wildman–Crippen LogP) is 3.61. The van der Waals surface area contributed by atoms with Crippen LogP contribution in [0.1, 0.15) is 29.5 Å². The van der Waals surface area contributed by atoms with Gasteiger partial charge in [0.15, 0.2) is 0 Å². The highest BCUT2D eigenvalue weighted by molar-refractivity contribution is 5.90. The zero-order chi connectivity index (χ0) is 15.9. The molecule has 2 aromatic rings. The van der Waals surface area contributed by atoms with E-state index in [4.69, 9.17) is 14.3 Å². The lowest BCUT2D eigenvalue weighted by Gasteiger charge is -2.04. The standard InChI is InChI=1S/C17H16O5/c1-2-10-21-17(20)13-5-3-4-12(11-13)15-8-6-14(22-15)7-9-16(18)19/h3-9,11H,2,10H2,1H3,(H,18,19)/b9-7+. The third-order valence-electron chi connectivity index (χ3n) is 2.84. The molecule has 0 bridgehead atoms. The zero-order valence-electron chi connectivity index (χ0n) is 12.1. The van der Waals surface area contributed by atoms with Crippen LogP contribution in [0.25, 0.3) is 17.4 Å². The fourth-order valence-corrected chi connectivity index (χ4v) is 1.83. The van der Waals surface area contributed by atoms with Crippen molar-refractivity contribution in [1.82, 2.24) is 0 Å². The highest BCUT2D eigenvalue weighted by atomic mass is 16.5. The monoisotopic (exact) mass is 300 g/mol. The predicted molar refractivity (Wildman–Crippen MR) is 81.4 cm³/mol. The molecular weight excluding hydrogens is 284 g/mol. The van der Waals surface area contributed by atoms with Gasteiger partial charge >= 0.3 is 11.9 Å². The van der Waals surface area contributed by atoms with Gasteiger partial charge in [-0.3, -0.25) is 0 Å². The van der Waals surface area contributed by atoms with Gasteiger partial charge in [-0.2, -0.15) is 0 Å². The summed E-state index contributed by atoms with van der Waals surface area (Å²) in [5, 5.41) is 8.59. The molecule has 2 rings (SSSR count). The molecule has 0 saturated carbocycles. The van der Waals surface area contributed by atoms with Crippen LogP contribution in [-0.4, -0.2) is 23.7 Å². The molecule has 0 atom stereocenters. The van der Waals surface area contributed by atoms with E-state index < -0.39 is 5.97 Å². The van der Waals surface area contributed by atoms with Gasteiger partial charge in [0.2, 0.25) is 0 Å². The molecule has 1 aromatic carbocycles. The van der Waals surface area contributed by atoms with Crippen molar-refractivity contribution < 1.29 is 23.8 Å². The molecule has 0 amide bonds. The van der Waals surface area contributed by atoms with Crippen LogP contribution in [0.3, 0.4) is 0 Å². The van der Waals surface area contributed by atoms with Crippen molar-refractivity contribution in [1.29, 1.82) is 0 Å². The largest absolute Gasteiger partial charge is 0.478 e. The number of aliphatic carboxylic acids is 1. The van der Waals surface area contributed by atoms with Crippen molar-refractivity contribution in [2.45, 2.75) is 13.3 Å². The molecule has 0 fully saturated rings. The molecule has 1 aromatic heterocycles. The third kappa shape index (κ3) is 4.09. The van der Waals surface area contributed by atoms with E-state index in [0.29, 0.717) is 23.7 Å². The van der Waals surface area contributed by atoms with E-state index >= 15 is 0 Å². The number of carboxylic acid groups (broad SMARTS) is 1. The summed E-state index contributed by atoms with van der Waals surface area (Å²) in [6, 6.07) is 10.3. The fourth-order valence-electron chi connectivity index (χ4n) is 1.83. The quantitative estimate of drug-likeness (QED) is 0.651. The van der Waals surface area contributed by atoms with Crippen molar-refractivity contribution in [2.24, 2.45) is 0 Å². The second-order valence-electron chi connectivity index (χ2n) is 4.59. The summed E-state index contributed by atoms with van der Waals surface area (Å²) in [5.41, 5.74) is 1.17. The lowest BCUT2D eigenvalue weighted by Crippen LogP contribution is -2.05. The summed E-state index contributed by atoms with van der Waals surface area (Å²) in [4.78, 5) is 22.3. The van der Waals surface area contributed by atoms with E-state index in [9.17, 15) is 9.59 Å². The highest BCUT2D eigenvalue weighted by Crippen LogP contribution is 2.24. The number of ether oxygens (including phenoxy) is 1. The molecule has 1 N–H and O–H groups in total. The Hall–Kier alpha value is -2.82. The summed E-state index contributed by atoms with van der Waals surface area (Å²) in [6.07, 6.45) is 3.13. The van der Waals surface area contributed by atoms with Gasteiger partial charge < -0.3 is 14.3 Å². The Labute approximate surface area is 127 Å². The number of carbonyl (C=O) groups is 2. The number of furan rings is 1.